The standard InChI is InChI=1S/C24H25N5O2/c25-22(24(30)27-31)16-18-5-3-6-19(15-18)20-7-4-8-21(17-20)28-11-13-29(14-12-28)23-9-1-2-10-26-23/h1-10,15,17,22H,11-14,16,25H2. The average molecular weight is 415 g/mol. The summed E-state index contributed by atoms with van der Waals surface area (Å²) in [5.41, 5.74) is 9.99. The SMILES string of the molecule is NC(Cc1cccc(-c2cccc(N3CCN(c4ccccn4)CC3)c2)c1)C(=O)N=O. The molecule has 3 aromatic rings. The molecule has 2 heterocycles. The predicted molar refractivity (Wildman–Crippen MR) is 123 cm³/mol. The van der Waals surface area contributed by atoms with E-state index in [1.807, 2.05) is 48.7 Å². The number of nitrogens with two attached hydrogens (primary N) is 1. The van der Waals surface area contributed by atoms with Crippen LogP contribution in [0.1, 0.15) is 5.56 Å². The van der Waals surface area contributed by atoms with Gasteiger partial charge in [0.25, 0.3) is 0 Å². The number of aromatic nitrogens is 1. The molecular weight excluding hydrogens is 390 g/mol. The average Bonchev–Trinajstić information content (AvgIpc) is 2.84. The van der Waals surface area contributed by atoms with Gasteiger partial charge in [-0.2, -0.15) is 0 Å². The number of anilines is 2. The first-order valence-corrected chi connectivity index (χ1v) is 10.4. The van der Waals surface area contributed by atoms with Crippen molar-refractivity contribution in [2.45, 2.75) is 12.5 Å². The van der Waals surface area contributed by atoms with Gasteiger partial charge in [-0.3, -0.25) is 4.79 Å². The molecule has 158 valence electrons. The van der Waals surface area contributed by atoms with Crippen molar-refractivity contribution in [2.75, 3.05) is 36.0 Å². The van der Waals surface area contributed by atoms with Gasteiger partial charge in [-0.15, -0.1) is 4.91 Å². The Morgan fingerprint density at radius 1 is 0.935 bits per heavy atom. The molecule has 7 nitrogen and oxygen atoms in total. The van der Waals surface area contributed by atoms with E-state index in [0.717, 1.165) is 48.7 Å². The van der Waals surface area contributed by atoms with Crippen LogP contribution < -0.4 is 15.5 Å². The number of nitrogens with zero attached hydrogens (tertiary/aromatic N) is 4. The Morgan fingerprint density at radius 2 is 1.65 bits per heavy atom. The number of rotatable bonds is 6. The third-order valence-electron chi connectivity index (χ3n) is 5.59. The van der Waals surface area contributed by atoms with Crippen molar-refractivity contribution in [3.8, 4) is 11.1 Å². The van der Waals surface area contributed by atoms with Gasteiger partial charge in [-0.1, -0.05) is 42.5 Å². The third-order valence-corrected chi connectivity index (χ3v) is 5.59. The number of hydrogen-bond donors (Lipinski definition) is 1. The maximum atomic E-state index is 11.4. The van der Waals surface area contributed by atoms with Gasteiger partial charge in [0, 0.05) is 43.2 Å². The molecule has 1 atom stereocenters. The van der Waals surface area contributed by atoms with E-state index >= 15 is 0 Å². The van der Waals surface area contributed by atoms with Crippen molar-refractivity contribution in [1.29, 1.82) is 0 Å². The lowest BCUT2D eigenvalue weighted by Crippen LogP contribution is -2.46. The minimum atomic E-state index is -0.908. The predicted octanol–water partition coefficient (Wildman–Crippen LogP) is 3.24. The Kier molecular flexibility index (Phi) is 6.33. The van der Waals surface area contributed by atoms with E-state index in [-0.39, 0.29) is 6.42 Å². The van der Waals surface area contributed by atoms with Crippen molar-refractivity contribution >= 4 is 17.4 Å². The Labute approximate surface area is 181 Å². The molecule has 0 saturated carbocycles. The summed E-state index contributed by atoms with van der Waals surface area (Å²) in [6, 6.07) is 21.4. The van der Waals surface area contributed by atoms with Crippen LogP contribution in [0.25, 0.3) is 11.1 Å². The maximum Gasteiger partial charge on any atom is 0.303 e. The lowest BCUT2D eigenvalue weighted by Gasteiger charge is -2.36. The lowest BCUT2D eigenvalue weighted by atomic mass is 9.99. The van der Waals surface area contributed by atoms with E-state index < -0.39 is 11.9 Å². The number of hydrogen-bond acceptors (Lipinski definition) is 6. The molecule has 2 aromatic carbocycles. The summed E-state index contributed by atoms with van der Waals surface area (Å²) in [6.07, 6.45) is 2.12. The number of carbonyl (C=O) groups excluding carboxylic acids is 1. The van der Waals surface area contributed by atoms with Gasteiger partial charge >= 0.3 is 5.91 Å². The Bertz CT molecular complexity index is 1050. The van der Waals surface area contributed by atoms with Crippen molar-refractivity contribution in [2.24, 2.45) is 10.9 Å². The van der Waals surface area contributed by atoms with E-state index in [1.165, 1.54) is 5.69 Å². The highest BCUT2D eigenvalue weighted by atomic mass is 16.3. The molecule has 7 heteroatoms. The third kappa shape index (κ3) is 4.95. The first-order valence-electron chi connectivity index (χ1n) is 10.4. The number of benzene rings is 2. The zero-order valence-electron chi connectivity index (χ0n) is 17.2. The van der Waals surface area contributed by atoms with Gasteiger partial charge in [0.05, 0.1) is 6.04 Å². The summed E-state index contributed by atoms with van der Waals surface area (Å²) >= 11 is 0. The molecule has 31 heavy (non-hydrogen) atoms. The summed E-state index contributed by atoms with van der Waals surface area (Å²) in [5.74, 6) is 0.200. The molecule has 0 radical (unpaired) electrons. The van der Waals surface area contributed by atoms with Crippen LogP contribution in [-0.2, 0) is 11.2 Å². The number of amides is 1. The molecule has 1 amide bonds. The van der Waals surface area contributed by atoms with Crippen molar-refractivity contribution < 1.29 is 4.79 Å². The first-order chi connectivity index (χ1) is 15.1. The topological polar surface area (TPSA) is 91.9 Å². The van der Waals surface area contributed by atoms with Crippen LogP contribution in [0.4, 0.5) is 11.5 Å². The number of nitroso groups, excluding NO2 is 1. The second-order valence-corrected chi connectivity index (χ2v) is 7.65. The first kappa shape index (κ1) is 20.7. The highest BCUT2D eigenvalue weighted by Crippen LogP contribution is 2.27. The minimum Gasteiger partial charge on any atom is -0.368 e. The highest BCUT2D eigenvalue weighted by Gasteiger charge is 2.19. The van der Waals surface area contributed by atoms with Crippen LogP contribution in [0.5, 0.6) is 0 Å². The fourth-order valence-electron chi connectivity index (χ4n) is 3.90. The van der Waals surface area contributed by atoms with Crippen LogP contribution in [0.3, 0.4) is 0 Å². The molecule has 2 N–H and O–H groups in total. The summed E-state index contributed by atoms with van der Waals surface area (Å²) in [4.78, 5) is 31.0. The van der Waals surface area contributed by atoms with Crippen LogP contribution in [-0.4, -0.2) is 43.1 Å². The van der Waals surface area contributed by atoms with Gasteiger partial charge in [-0.05, 0) is 47.4 Å². The molecule has 1 aromatic heterocycles. The second kappa shape index (κ2) is 9.49. The number of pyridine rings is 1. The minimum absolute atomic E-state index is 0.285. The normalized spacial score (nSPS) is 14.9. The number of piperazine rings is 1. The quantitative estimate of drug-likeness (QED) is 0.622. The molecule has 1 aliphatic heterocycles. The second-order valence-electron chi connectivity index (χ2n) is 7.65. The lowest BCUT2D eigenvalue weighted by molar-refractivity contribution is -0.119. The molecule has 1 unspecified atom stereocenters. The fraction of sp³-hybridized carbons (Fsp3) is 0.250. The van der Waals surface area contributed by atoms with Gasteiger partial charge in [0.2, 0.25) is 0 Å². The van der Waals surface area contributed by atoms with Gasteiger partial charge in [-0.25, -0.2) is 4.98 Å². The molecule has 0 spiro atoms. The maximum absolute atomic E-state index is 11.4. The van der Waals surface area contributed by atoms with Crippen molar-refractivity contribution in [3.05, 3.63) is 83.4 Å². The van der Waals surface area contributed by atoms with Crippen LogP contribution in [0.2, 0.25) is 0 Å². The molecule has 4 rings (SSSR count). The summed E-state index contributed by atoms with van der Waals surface area (Å²) < 4.78 is 0. The molecule has 1 saturated heterocycles. The van der Waals surface area contributed by atoms with Crippen molar-refractivity contribution in [1.82, 2.24) is 4.98 Å². The Hall–Kier alpha value is -3.58. The van der Waals surface area contributed by atoms with E-state index in [1.54, 1.807) is 0 Å². The molecular formula is C24H25N5O2. The molecule has 1 aliphatic rings. The van der Waals surface area contributed by atoms with Crippen molar-refractivity contribution in [3.63, 3.8) is 0 Å². The monoisotopic (exact) mass is 415 g/mol. The van der Waals surface area contributed by atoms with E-state index in [0.29, 0.717) is 0 Å². The molecule has 0 aliphatic carbocycles. The largest absolute Gasteiger partial charge is 0.368 e. The van der Waals surface area contributed by atoms with Gasteiger partial charge in [0.1, 0.15) is 5.82 Å². The zero-order chi connectivity index (χ0) is 21.6. The van der Waals surface area contributed by atoms with E-state index in [4.69, 9.17) is 5.73 Å². The highest BCUT2D eigenvalue weighted by molar-refractivity contribution is 5.82. The fourth-order valence-corrected chi connectivity index (χ4v) is 3.90. The smallest absolute Gasteiger partial charge is 0.303 e. The Morgan fingerprint density at radius 3 is 2.35 bits per heavy atom. The zero-order valence-corrected chi connectivity index (χ0v) is 17.2. The van der Waals surface area contributed by atoms with Crippen LogP contribution in [0.15, 0.2) is 78.1 Å². The van der Waals surface area contributed by atoms with Crippen LogP contribution >= 0.6 is 0 Å². The van der Waals surface area contributed by atoms with Gasteiger partial charge in [0.15, 0.2) is 0 Å². The summed E-state index contributed by atoms with van der Waals surface area (Å²) in [7, 11) is 0. The molecule has 1 fully saturated rings. The van der Waals surface area contributed by atoms with Gasteiger partial charge < -0.3 is 15.5 Å². The van der Waals surface area contributed by atoms with Crippen LogP contribution in [0, 0.1) is 4.91 Å². The van der Waals surface area contributed by atoms with E-state index in [9.17, 15) is 9.70 Å². The Balaban J connectivity index is 1.46. The number of carbonyl (C=O) groups is 1. The van der Waals surface area contributed by atoms with E-state index in [2.05, 4.69) is 44.2 Å². The summed E-state index contributed by atoms with van der Waals surface area (Å²) in [5, 5.41) is 2.43. The summed E-state index contributed by atoms with van der Waals surface area (Å²) in [6.45, 7) is 3.70. The molecule has 0 bridgehead atoms.